The van der Waals surface area contributed by atoms with Crippen LogP contribution >= 0.6 is 8.60 Å². The highest BCUT2D eigenvalue weighted by atomic mass is 31.2. The molecule has 0 spiro atoms. The molecule has 0 saturated heterocycles. The minimum absolute atomic E-state index is 0.400. The summed E-state index contributed by atoms with van der Waals surface area (Å²) >= 11 is 0. The molecule has 2 N–H and O–H groups in total. The number of oxime groups is 1. The van der Waals surface area contributed by atoms with Gasteiger partial charge in [-0.1, -0.05) is 59.8 Å². The van der Waals surface area contributed by atoms with Crippen molar-refractivity contribution in [2.45, 2.75) is 44.9 Å². The van der Waals surface area contributed by atoms with Crippen LogP contribution in [0.5, 0.6) is 0 Å². The van der Waals surface area contributed by atoms with E-state index < -0.39 is 8.60 Å². The zero-order valence-electron chi connectivity index (χ0n) is 17.9. The maximum absolute atomic E-state index is 8.90. The van der Waals surface area contributed by atoms with Gasteiger partial charge in [-0.2, -0.15) is 0 Å². The number of hydrogen-bond donors (Lipinski definition) is 2. The Morgan fingerprint density at radius 2 is 1.81 bits per heavy atom. The van der Waals surface area contributed by atoms with E-state index in [-0.39, 0.29) is 0 Å². The second-order valence-corrected chi connectivity index (χ2v) is 8.41. The molecule has 2 atom stereocenters. The highest BCUT2D eigenvalue weighted by Crippen LogP contribution is 2.40. The first kappa shape index (κ1) is 25.0. The van der Waals surface area contributed by atoms with Gasteiger partial charge in [0.2, 0.25) is 0 Å². The summed E-state index contributed by atoms with van der Waals surface area (Å²) in [6.07, 6.45) is 5.14. The lowest BCUT2D eigenvalue weighted by Gasteiger charge is -2.13. The van der Waals surface area contributed by atoms with Gasteiger partial charge in [0.15, 0.2) is 0 Å². The lowest BCUT2D eigenvalue weighted by Crippen LogP contribution is -2.04. The first-order valence-electron chi connectivity index (χ1n) is 10.5. The van der Waals surface area contributed by atoms with Crippen molar-refractivity contribution in [3.8, 4) is 6.57 Å². The van der Waals surface area contributed by atoms with Crippen LogP contribution in [0.15, 0.2) is 59.8 Å². The Kier molecular flexibility index (Phi) is 11.2. The molecule has 0 radical (unpaired) electrons. The minimum atomic E-state index is -2.24. The van der Waals surface area contributed by atoms with Gasteiger partial charge in [-0.3, -0.25) is 0 Å². The zero-order chi connectivity index (χ0) is 22.5. The van der Waals surface area contributed by atoms with E-state index in [1.54, 1.807) is 0 Å². The number of benzene rings is 2. The molecule has 1 saturated carbocycles. The van der Waals surface area contributed by atoms with Gasteiger partial charge in [0.05, 0.1) is 12.3 Å². The van der Waals surface area contributed by atoms with E-state index in [1.165, 1.54) is 11.1 Å². The van der Waals surface area contributed by atoms with E-state index >= 15 is 0 Å². The second-order valence-electron chi connectivity index (χ2n) is 7.65. The van der Waals surface area contributed by atoms with Gasteiger partial charge < -0.3 is 19.1 Å². The van der Waals surface area contributed by atoms with E-state index in [2.05, 4.69) is 60.3 Å². The topological polar surface area (TPSA) is 95.1 Å². The van der Waals surface area contributed by atoms with Crippen LogP contribution in [0.3, 0.4) is 0 Å². The summed E-state index contributed by atoms with van der Waals surface area (Å²) in [5, 5.41) is 10.8. The predicted octanol–water partition coefficient (Wildman–Crippen LogP) is 5.31. The molecule has 7 heteroatoms. The standard InChI is InChI=1S/C23H30NO4P.CHN/c1-18(24-27-15-5-8-19-6-3-2-4-7-19)21-11-13-22(14-12-21)23-10-9-20(16-23)17-28-29(25)26;1-2/h2-4,6-7,11-14,20,23,25-26H,5,8-10,15-17H2,1H3;1H/b24-18+;/t20?,23-;/m0./s1. The molecule has 0 amide bonds. The Bertz CT molecular complexity index is 809. The second kappa shape index (κ2) is 13.9. The van der Waals surface area contributed by atoms with Crippen LogP contribution in [0.1, 0.15) is 55.2 Å². The molecule has 1 fully saturated rings. The fourth-order valence-electron chi connectivity index (χ4n) is 3.88. The van der Waals surface area contributed by atoms with E-state index in [4.69, 9.17) is 24.4 Å². The highest BCUT2D eigenvalue weighted by Gasteiger charge is 2.26. The molecule has 1 aliphatic rings. The molecule has 3 rings (SSSR count). The molecular formula is C24H31N2O4P. The molecule has 31 heavy (non-hydrogen) atoms. The predicted molar refractivity (Wildman–Crippen MR) is 123 cm³/mol. The van der Waals surface area contributed by atoms with Crippen LogP contribution in [0.4, 0.5) is 0 Å². The van der Waals surface area contributed by atoms with Crippen LogP contribution < -0.4 is 0 Å². The lowest BCUT2D eigenvalue weighted by molar-refractivity contribution is 0.142. The van der Waals surface area contributed by atoms with Gasteiger partial charge in [-0.15, -0.1) is 0 Å². The summed E-state index contributed by atoms with van der Waals surface area (Å²) in [6, 6.07) is 19.0. The van der Waals surface area contributed by atoms with E-state index in [0.717, 1.165) is 43.4 Å². The third-order valence-corrected chi connectivity index (χ3v) is 5.89. The Morgan fingerprint density at radius 3 is 2.48 bits per heavy atom. The average Bonchev–Trinajstić information content (AvgIpc) is 3.29. The molecule has 2 aromatic rings. The minimum Gasteiger partial charge on any atom is -0.396 e. The molecule has 1 unspecified atom stereocenters. The summed E-state index contributed by atoms with van der Waals surface area (Å²) < 4.78 is 4.99. The Morgan fingerprint density at radius 1 is 1.10 bits per heavy atom. The smallest absolute Gasteiger partial charge is 0.327 e. The van der Waals surface area contributed by atoms with Crippen molar-refractivity contribution in [3.63, 3.8) is 0 Å². The van der Waals surface area contributed by atoms with Crippen molar-refractivity contribution < 1.29 is 19.1 Å². The lowest BCUT2D eigenvalue weighted by atomic mass is 9.95. The fourth-order valence-corrected chi connectivity index (χ4v) is 4.22. The maximum atomic E-state index is 8.90. The zero-order valence-corrected chi connectivity index (χ0v) is 18.8. The van der Waals surface area contributed by atoms with Crippen molar-refractivity contribution >= 4 is 14.3 Å². The normalized spacial score (nSPS) is 18.5. The van der Waals surface area contributed by atoms with Crippen molar-refractivity contribution in [2.24, 2.45) is 11.1 Å². The fraction of sp³-hybridized carbons (Fsp3) is 0.417. The third-order valence-electron chi connectivity index (χ3n) is 5.51. The molecule has 0 bridgehead atoms. The van der Waals surface area contributed by atoms with E-state index in [9.17, 15) is 0 Å². The quantitative estimate of drug-likeness (QED) is 0.225. The van der Waals surface area contributed by atoms with Gasteiger partial charge in [-0.25, -0.2) is 5.26 Å². The molecular weight excluding hydrogens is 411 g/mol. The summed E-state index contributed by atoms with van der Waals surface area (Å²) in [4.78, 5) is 23.3. The third kappa shape index (κ3) is 8.77. The van der Waals surface area contributed by atoms with Gasteiger partial charge in [0.1, 0.15) is 6.61 Å². The van der Waals surface area contributed by atoms with Crippen LogP contribution in [0, 0.1) is 17.8 Å². The monoisotopic (exact) mass is 442 g/mol. The molecule has 166 valence electrons. The summed E-state index contributed by atoms with van der Waals surface area (Å²) in [5.74, 6) is 0.907. The number of nitrogens with zero attached hydrogens (tertiary/aromatic N) is 2. The Labute approximate surface area is 186 Å². The summed E-state index contributed by atoms with van der Waals surface area (Å²) in [7, 11) is -2.24. The van der Waals surface area contributed by atoms with Gasteiger partial charge in [0.25, 0.3) is 0 Å². The molecule has 2 aromatic carbocycles. The SMILES string of the molecule is C#N.C/C(=N\OCCCc1ccccc1)c1ccc([C@H]2CCC(COP(O)O)C2)cc1. The van der Waals surface area contributed by atoms with Crippen LogP contribution in [0.25, 0.3) is 0 Å². The largest absolute Gasteiger partial charge is 0.396 e. The number of aryl methyl sites for hydroxylation is 1. The van der Waals surface area contributed by atoms with Gasteiger partial charge in [0, 0.05) is 6.57 Å². The van der Waals surface area contributed by atoms with Crippen LogP contribution in [-0.4, -0.2) is 28.7 Å². The maximum Gasteiger partial charge on any atom is 0.327 e. The first-order chi connectivity index (χ1) is 15.1. The molecule has 1 aliphatic carbocycles. The van der Waals surface area contributed by atoms with Crippen molar-refractivity contribution in [2.75, 3.05) is 13.2 Å². The van der Waals surface area contributed by atoms with Crippen molar-refractivity contribution in [3.05, 3.63) is 71.3 Å². The molecule has 0 aliphatic heterocycles. The van der Waals surface area contributed by atoms with Crippen LogP contribution in [0.2, 0.25) is 0 Å². The number of hydrogen-bond acceptors (Lipinski definition) is 6. The summed E-state index contributed by atoms with van der Waals surface area (Å²) in [6.45, 7) is 6.51. The molecule has 6 nitrogen and oxygen atoms in total. The Hall–Kier alpha value is -2.29. The van der Waals surface area contributed by atoms with Crippen LogP contribution in [-0.2, 0) is 15.8 Å². The van der Waals surface area contributed by atoms with Crippen molar-refractivity contribution in [1.29, 1.82) is 5.26 Å². The average molecular weight is 442 g/mol. The van der Waals surface area contributed by atoms with Crippen molar-refractivity contribution in [1.82, 2.24) is 0 Å². The number of rotatable bonds is 10. The Balaban J connectivity index is 0.00000166. The van der Waals surface area contributed by atoms with Gasteiger partial charge in [-0.05, 0) is 67.6 Å². The highest BCUT2D eigenvalue weighted by molar-refractivity contribution is 7.39. The molecule has 0 aromatic heterocycles. The molecule has 0 heterocycles. The van der Waals surface area contributed by atoms with E-state index in [0.29, 0.717) is 25.0 Å². The number of nitriles is 1. The van der Waals surface area contributed by atoms with Gasteiger partial charge >= 0.3 is 8.60 Å². The summed E-state index contributed by atoms with van der Waals surface area (Å²) in [5.41, 5.74) is 4.60. The first-order valence-corrected chi connectivity index (χ1v) is 11.7. The van der Waals surface area contributed by atoms with E-state index in [1.807, 2.05) is 13.0 Å².